The third-order valence-corrected chi connectivity index (χ3v) is 13.5. The van der Waals surface area contributed by atoms with Gasteiger partial charge in [-0.1, -0.05) is 37.1 Å². The molecule has 0 aromatic heterocycles. The summed E-state index contributed by atoms with van der Waals surface area (Å²) in [6.07, 6.45) is 0.678. The van der Waals surface area contributed by atoms with Crippen molar-refractivity contribution in [1.82, 2.24) is 0 Å². The molecular weight excluding hydrogens is 668 g/mol. The lowest BCUT2D eigenvalue weighted by Gasteiger charge is -2.60. The Labute approximate surface area is 285 Å². The van der Waals surface area contributed by atoms with Crippen molar-refractivity contribution in [2.45, 2.75) is 148 Å². The molecule has 0 aromatic carbocycles. The molecule has 3 N–H and O–H groups in total. The maximum atomic E-state index is 11.8. The predicted octanol–water partition coefficient (Wildman–Crippen LogP) is 3.22. The van der Waals surface area contributed by atoms with E-state index in [-0.39, 0.29) is 35.5 Å². The summed E-state index contributed by atoms with van der Waals surface area (Å²) in [6, 6.07) is 0. The van der Waals surface area contributed by atoms with Gasteiger partial charge in [-0.15, -0.1) is 0 Å². The molecule has 5 aliphatic rings. The van der Waals surface area contributed by atoms with Gasteiger partial charge < -0.3 is 33.9 Å². The van der Waals surface area contributed by atoms with E-state index in [0.717, 1.165) is 25.7 Å². The lowest BCUT2D eigenvalue weighted by Crippen LogP contribution is -2.61. The third kappa shape index (κ3) is 7.62. The van der Waals surface area contributed by atoms with Crippen LogP contribution in [0.3, 0.4) is 0 Å². The Morgan fingerprint density at radius 2 is 1.71 bits per heavy atom. The van der Waals surface area contributed by atoms with E-state index in [4.69, 9.17) is 13.7 Å². The molecule has 48 heavy (non-hydrogen) atoms. The van der Waals surface area contributed by atoms with Crippen LogP contribution in [0.5, 0.6) is 0 Å². The van der Waals surface area contributed by atoms with Crippen LogP contribution in [-0.2, 0) is 38.6 Å². The number of hydrogen-bond acceptors (Lipinski definition) is 13. The fourth-order valence-electron chi connectivity index (χ4n) is 10.3. The molecule has 0 aromatic rings. The van der Waals surface area contributed by atoms with Gasteiger partial charge in [-0.25, -0.2) is 16.8 Å². The lowest BCUT2D eigenvalue weighted by molar-refractivity contribution is -0.312. The highest BCUT2D eigenvalue weighted by Gasteiger charge is 2.62. The number of aliphatic hydroxyl groups is 3. The van der Waals surface area contributed by atoms with Gasteiger partial charge in [0.15, 0.2) is 6.29 Å². The van der Waals surface area contributed by atoms with Crippen molar-refractivity contribution < 1.29 is 59.1 Å². The molecule has 4 fully saturated rings. The molecule has 13 nitrogen and oxygen atoms in total. The minimum atomic E-state index is -5.21. The second-order valence-electron chi connectivity index (χ2n) is 15.9. The first-order chi connectivity index (χ1) is 22.1. The van der Waals surface area contributed by atoms with Crippen LogP contribution in [0.15, 0.2) is 23.3 Å². The van der Waals surface area contributed by atoms with E-state index < -0.39 is 74.7 Å². The monoisotopic (exact) mass is 720 g/mol. The van der Waals surface area contributed by atoms with Gasteiger partial charge in [-0.3, -0.25) is 8.37 Å². The molecule has 1 saturated heterocycles. The van der Waals surface area contributed by atoms with E-state index >= 15 is 0 Å². The van der Waals surface area contributed by atoms with Crippen molar-refractivity contribution >= 4 is 20.8 Å². The maximum absolute atomic E-state index is 11.8. The Bertz CT molecular complexity index is 1470. The normalized spacial score (nSPS) is 44.5. The average Bonchev–Trinajstić information content (AvgIpc) is 3.31. The smallest absolute Gasteiger partial charge is 0.218 e. The van der Waals surface area contributed by atoms with Gasteiger partial charge in [-0.2, -0.15) is 0 Å². The van der Waals surface area contributed by atoms with Gasteiger partial charge in [0.25, 0.3) is 0 Å². The zero-order valence-corrected chi connectivity index (χ0v) is 30.2. The summed E-state index contributed by atoms with van der Waals surface area (Å²) in [4.78, 5) is 0. The summed E-state index contributed by atoms with van der Waals surface area (Å²) < 4.78 is 90.3. The number of fused-ring (bicyclic) bond motifs is 5. The Morgan fingerprint density at radius 1 is 1.04 bits per heavy atom. The molecule has 14 atom stereocenters. The zero-order valence-electron chi connectivity index (χ0n) is 28.6. The van der Waals surface area contributed by atoms with Gasteiger partial charge in [0, 0.05) is 0 Å². The number of allylic oxidation sites excluding steroid dienone is 4. The highest BCUT2D eigenvalue weighted by molar-refractivity contribution is 7.81. The maximum Gasteiger partial charge on any atom is 0.218 e. The number of rotatable bonds is 10. The largest absolute Gasteiger partial charge is 0.726 e. The molecule has 4 aliphatic carbocycles. The van der Waals surface area contributed by atoms with Gasteiger partial charge in [0.05, 0.1) is 23.9 Å². The molecule has 0 radical (unpaired) electrons. The molecule has 0 bridgehead atoms. The Morgan fingerprint density at radius 3 is 2.33 bits per heavy atom. The molecule has 5 rings (SSSR count). The molecule has 0 amide bonds. The Balaban J connectivity index is 1.45. The fourth-order valence-corrected chi connectivity index (χ4v) is 11.4. The van der Waals surface area contributed by atoms with E-state index in [1.807, 2.05) is 20.8 Å². The highest BCUT2D eigenvalue weighted by Crippen LogP contribution is 2.67. The zero-order chi connectivity index (χ0) is 35.6. The minimum absolute atomic E-state index is 0.0408. The second kappa shape index (κ2) is 13.5. The summed E-state index contributed by atoms with van der Waals surface area (Å²) in [6.45, 7) is 11.8. The van der Waals surface area contributed by atoms with Crippen LogP contribution >= 0.6 is 0 Å². The molecule has 3 saturated carbocycles. The van der Waals surface area contributed by atoms with Crippen molar-refractivity contribution in [3.05, 3.63) is 23.3 Å². The quantitative estimate of drug-likeness (QED) is 0.168. The van der Waals surface area contributed by atoms with E-state index in [1.165, 1.54) is 18.1 Å². The Kier molecular flexibility index (Phi) is 10.8. The topological polar surface area (TPSA) is 212 Å². The standard InChI is InChI=1S/C33H54O13S2/c1-18(2)8-7-13-33(6,36)26-10-9-22-21-17-25(44-30-28(35)27(34)29(19(3)43-30)46-48(40,41)42)24-16-20(45-47(37,38)39)11-14-31(24,4)23(21)12-15-32(22,26)5/h8,12,19-22,24-30,34-36H,7,9-11,13-17H2,1-6H3,(H,37,38,39)(H,40,41,42)/p-2/t19?,20-,21?,22?,24?,25?,26?,27?,28?,29+,30-,31+,32-,33-/m0/s1. The molecule has 15 heteroatoms. The predicted molar refractivity (Wildman–Crippen MR) is 170 cm³/mol. The van der Waals surface area contributed by atoms with E-state index in [2.05, 4.69) is 30.2 Å². The first kappa shape index (κ1) is 38.3. The number of ether oxygens (including phenoxy) is 2. The van der Waals surface area contributed by atoms with Crippen LogP contribution in [0.1, 0.15) is 99.3 Å². The summed E-state index contributed by atoms with van der Waals surface area (Å²) in [7, 11) is -10.2. The van der Waals surface area contributed by atoms with Crippen LogP contribution in [0, 0.1) is 34.5 Å². The fraction of sp³-hybridized carbons (Fsp3) is 0.879. The molecular formula is C33H52O13S2-2. The van der Waals surface area contributed by atoms with Crippen LogP contribution in [0.2, 0.25) is 0 Å². The first-order valence-electron chi connectivity index (χ1n) is 17.1. The summed E-state index contributed by atoms with van der Waals surface area (Å²) in [5.41, 5.74) is 0.920. The van der Waals surface area contributed by atoms with Gasteiger partial charge in [0.2, 0.25) is 20.8 Å². The van der Waals surface area contributed by atoms with Crippen molar-refractivity contribution in [2.24, 2.45) is 34.5 Å². The van der Waals surface area contributed by atoms with Gasteiger partial charge >= 0.3 is 0 Å². The van der Waals surface area contributed by atoms with Gasteiger partial charge in [0.1, 0.15) is 18.3 Å². The highest BCUT2D eigenvalue weighted by atomic mass is 32.3. The van der Waals surface area contributed by atoms with Crippen LogP contribution in [0.4, 0.5) is 0 Å². The molecule has 0 spiro atoms. The van der Waals surface area contributed by atoms with E-state index in [0.29, 0.717) is 25.7 Å². The van der Waals surface area contributed by atoms with Crippen molar-refractivity contribution in [1.29, 1.82) is 0 Å². The lowest BCUT2D eigenvalue weighted by atomic mass is 9.47. The van der Waals surface area contributed by atoms with Crippen LogP contribution in [0.25, 0.3) is 0 Å². The van der Waals surface area contributed by atoms with Crippen molar-refractivity contribution in [3.63, 3.8) is 0 Å². The number of hydrogen-bond donors (Lipinski definition) is 3. The summed E-state index contributed by atoms with van der Waals surface area (Å²) in [5.74, 6) is -0.0463. The minimum Gasteiger partial charge on any atom is -0.726 e. The second-order valence-corrected chi connectivity index (χ2v) is 17.9. The summed E-state index contributed by atoms with van der Waals surface area (Å²) >= 11 is 0. The summed E-state index contributed by atoms with van der Waals surface area (Å²) in [5, 5.41) is 33.6. The Hall–Kier alpha value is -0.980. The number of aliphatic hydroxyl groups excluding tert-OH is 2. The first-order valence-corrected chi connectivity index (χ1v) is 19.7. The molecule has 1 aliphatic heterocycles. The van der Waals surface area contributed by atoms with E-state index in [9.17, 15) is 41.3 Å². The van der Waals surface area contributed by atoms with Crippen molar-refractivity contribution in [3.8, 4) is 0 Å². The van der Waals surface area contributed by atoms with E-state index in [1.54, 1.807) is 0 Å². The molecule has 1 heterocycles. The molecule has 8 unspecified atom stereocenters. The average molecular weight is 721 g/mol. The van der Waals surface area contributed by atoms with Crippen LogP contribution in [-0.4, -0.2) is 89.8 Å². The van der Waals surface area contributed by atoms with Crippen LogP contribution < -0.4 is 0 Å². The SMILES string of the molecule is CC(C)=CCC[C@](C)(O)C1CCC2C3CC(O[C@@H]4OC(C)[C@@H](OS(=O)(=O)[O-])C(O)C4O)C4C[C@@H](OS(=O)(=O)[O-])CC[C@]4(C)C3=CC[C@@]21C. The van der Waals surface area contributed by atoms with Gasteiger partial charge in [-0.05, 0) is 120 Å². The molecule has 276 valence electrons. The third-order valence-electron chi connectivity index (χ3n) is 12.5. The van der Waals surface area contributed by atoms with Crippen molar-refractivity contribution in [2.75, 3.05) is 0 Å².